The number of benzene rings is 1. The summed E-state index contributed by atoms with van der Waals surface area (Å²) in [6.45, 7) is 3.20. The molecule has 0 unspecified atom stereocenters. The van der Waals surface area contributed by atoms with Gasteiger partial charge in [0, 0.05) is 18.8 Å². The molecule has 3 rings (SSSR count). The number of epoxide rings is 1. The van der Waals surface area contributed by atoms with Crippen LogP contribution >= 0.6 is 0 Å². The van der Waals surface area contributed by atoms with Gasteiger partial charge in [-0.1, -0.05) is 18.2 Å². The van der Waals surface area contributed by atoms with Gasteiger partial charge in [0.15, 0.2) is 0 Å². The number of ether oxygens (including phenoxy) is 1. The van der Waals surface area contributed by atoms with E-state index in [2.05, 4.69) is 29.2 Å². The van der Waals surface area contributed by atoms with Crippen molar-refractivity contribution < 1.29 is 4.74 Å². The summed E-state index contributed by atoms with van der Waals surface area (Å²) in [5, 5.41) is 0. The Morgan fingerprint density at radius 1 is 1.38 bits per heavy atom. The minimum Gasteiger partial charge on any atom is -0.371 e. The van der Waals surface area contributed by atoms with E-state index < -0.39 is 0 Å². The molecule has 0 spiro atoms. The van der Waals surface area contributed by atoms with Crippen LogP contribution in [-0.4, -0.2) is 25.8 Å². The van der Waals surface area contributed by atoms with Gasteiger partial charge in [0.25, 0.3) is 0 Å². The topological polar surface area (TPSA) is 15.8 Å². The van der Waals surface area contributed by atoms with Crippen molar-refractivity contribution in [2.75, 3.05) is 24.6 Å². The molecule has 2 heterocycles. The fourth-order valence-corrected chi connectivity index (χ4v) is 2.02. The molecule has 2 aliphatic heterocycles. The number of fused-ring (bicyclic) bond motifs is 1. The zero-order valence-electron chi connectivity index (χ0n) is 7.57. The van der Waals surface area contributed by atoms with E-state index in [0.717, 1.165) is 13.2 Å². The van der Waals surface area contributed by atoms with Crippen molar-refractivity contribution in [1.29, 1.82) is 0 Å². The summed E-state index contributed by atoms with van der Waals surface area (Å²) in [5.74, 6) is 0. The molecule has 0 saturated carbocycles. The lowest BCUT2D eigenvalue weighted by atomic mass is 10.2. The lowest BCUT2D eigenvalue weighted by Gasteiger charge is -2.17. The number of hydrogen-bond donors (Lipinski definition) is 0. The highest BCUT2D eigenvalue weighted by molar-refractivity contribution is 5.57. The molecule has 1 fully saturated rings. The normalized spacial score (nSPS) is 24.6. The van der Waals surface area contributed by atoms with Gasteiger partial charge < -0.3 is 9.64 Å². The van der Waals surface area contributed by atoms with Crippen LogP contribution in [0, 0.1) is 0 Å². The maximum absolute atomic E-state index is 5.24. The Morgan fingerprint density at radius 2 is 2.23 bits per heavy atom. The molecule has 2 nitrogen and oxygen atoms in total. The van der Waals surface area contributed by atoms with Crippen molar-refractivity contribution in [2.45, 2.75) is 12.5 Å². The summed E-state index contributed by atoms with van der Waals surface area (Å²) < 4.78 is 5.24. The van der Waals surface area contributed by atoms with E-state index in [-0.39, 0.29) is 0 Å². The van der Waals surface area contributed by atoms with Gasteiger partial charge in [-0.2, -0.15) is 0 Å². The van der Waals surface area contributed by atoms with Gasteiger partial charge in [0.05, 0.1) is 12.7 Å². The number of nitrogens with zero attached hydrogens (tertiary/aromatic N) is 1. The van der Waals surface area contributed by atoms with E-state index >= 15 is 0 Å². The minimum absolute atomic E-state index is 0.506. The van der Waals surface area contributed by atoms with Crippen molar-refractivity contribution in [2.24, 2.45) is 0 Å². The maximum atomic E-state index is 5.24. The SMILES string of the molecule is c1ccc2c(c1)CCN2C[C@H]1CO1. The summed E-state index contributed by atoms with van der Waals surface area (Å²) >= 11 is 0. The lowest BCUT2D eigenvalue weighted by molar-refractivity contribution is 0.408. The zero-order chi connectivity index (χ0) is 8.67. The predicted octanol–water partition coefficient (Wildman–Crippen LogP) is 1.45. The lowest BCUT2D eigenvalue weighted by Crippen LogP contribution is -2.25. The van der Waals surface area contributed by atoms with Crippen LogP contribution in [0.4, 0.5) is 5.69 Å². The Bertz CT molecular complexity index is 320. The number of rotatable bonds is 2. The molecule has 0 N–H and O–H groups in total. The summed E-state index contributed by atoms with van der Waals surface area (Å²) in [6.07, 6.45) is 1.70. The highest BCUT2D eigenvalue weighted by Gasteiger charge is 2.28. The molecular formula is C11H13NO. The molecular weight excluding hydrogens is 162 g/mol. The van der Waals surface area contributed by atoms with Gasteiger partial charge in [0.2, 0.25) is 0 Å². The van der Waals surface area contributed by atoms with Crippen molar-refractivity contribution in [1.82, 2.24) is 0 Å². The Kier molecular flexibility index (Phi) is 1.56. The average Bonchev–Trinajstić information content (AvgIpc) is 2.88. The summed E-state index contributed by atoms with van der Waals surface area (Å²) in [5.41, 5.74) is 2.90. The second-order valence-electron chi connectivity index (χ2n) is 3.78. The standard InChI is InChI=1S/C11H13NO/c1-2-4-11-9(3-1)5-6-12(11)7-10-8-13-10/h1-4,10H,5-8H2/t10-/m0/s1. The molecule has 2 aliphatic rings. The van der Waals surface area contributed by atoms with Crippen molar-refractivity contribution in [3.63, 3.8) is 0 Å². The first kappa shape index (κ1) is 7.39. The number of para-hydroxylation sites is 1. The van der Waals surface area contributed by atoms with Crippen molar-refractivity contribution in [3.8, 4) is 0 Å². The predicted molar refractivity (Wildman–Crippen MR) is 52.1 cm³/mol. The van der Waals surface area contributed by atoms with Crippen LogP contribution in [0.1, 0.15) is 5.56 Å². The first-order valence-corrected chi connectivity index (χ1v) is 4.88. The molecule has 68 valence electrons. The summed E-state index contributed by atoms with van der Waals surface area (Å²) in [7, 11) is 0. The van der Waals surface area contributed by atoms with E-state index in [1.165, 1.54) is 24.2 Å². The fraction of sp³-hybridized carbons (Fsp3) is 0.455. The Labute approximate surface area is 78.1 Å². The van der Waals surface area contributed by atoms with Gasteiger partial charge in [0.1, 0.15) is 0 Å². The molecule has 13 heavy (non-hydrogen) atoms. The smallest absolute Gasteiger partial charge is 0.0984 e. The van der Waals surface area contributed by atoms with Crippen LogP contribution < -0.4 is 4.90 Å². The molecule has 1 aromatic carbocycles. The van der Waals surface area contributed by atoms with Crippen LogP contribution in [0.25, 0.3) is 0 Å². The zero-order valence-corrected chi connectivity index (χ0v) is 7.57. The first-order valence-electron chi connectivity index (χ1n) is 4.88. The molecule has 0 aliphatic carbocycles. The highest BCUT2D eigenvalue weighted by atomic mass is 16.6. The van der Waals surface area contributed by atoms with E-state index in [9.17, 15) is 0 Å². The Balaban J connectivity index is 1.84. The van der Waals surface area contributed by atoms with E-state index in [1.807, 2.05) is 0 Å². The second kappa shape index (κ2) is 2.74. The van der Waals surface area contributed by atoms with Crippen LogP contribution in [0.15, 0.2) is 24.3 Å². The van der Waals surface area contributed by atoms with Crippen LogP contribution in [0.3, 0.4) is 0 Å². The molecule has 1 atom stereocenters. The number of anilines is 1. The fourth-order valence-electron chi connectivity index (χ4n) is 2.02. The Hall–Kier alpha value is -1.02. The maximum Gasteiger partial charge on any atom is 0.0984 e. The molecule has 1 saturated heterocycles. The van der Waals surface area contributed by atoms with E-state index in [0.29, 0.717) is 6.10 Å². The third-order valence-corrected chi connectivity index (χ3v) is 2.81. The monoisotopic (exact) mass is 175 g/mol. The van der Waals surface area contributed by atoms with Gasteiger partial charge in [-0.25, -0.2) is 0 Å². The second-order valence-corrected chi connectivity index (χ2v) is 3.78. The molecule has 2 heteroatoms. The summed E-state index contributed by atoms with van der Waals surface area (Å²) in [4.78, 5) is 2.44. The van der Waals surface area contributed by atoms with Gasteiger partial charge in [-0.3, -0.25) is 0 Å². The van der Waals surface area contributed by atoms with E-state index in [4.69, 9.17) is 4.74 Å². The molecule has 0 aromatic heterocycles. The van der Waals surface area contributed by atoms with Crippen molar-refractivity contribution >= 4 is 5.69 Å². The minimum atomic E-state index is 0.506. The largest absolute Gasteiger partial charge is 0.371 e. The molecule has 0 radical (unpaired) electrons. The first-order chi connectivity index (χ1) is 6.43. The quantitative estimate of drug-likeness (QED) is 0.632. The third-order valence-electron chi connectivity index (χ3n) is 2.81. The van der Waals surface area contributed by atoms with Crippen LogP contribution in [-0.2, 0) is 11.2 Å². The molecule has 0 amide bonds. The van der Waals surface area contributed by atoms with Crippen LogP contribution in [0.5, 0.6) is 0 Å². The van der Waals surface area contributed by atoms with Gasteiger partial charge >= 0.3 is 0 Å². The van der Waals surface area contributed by atoms with Crippen LogP contribution in [0.2, 0.25) is 0 Å². The van der Waals surface area contributed by atoms with Gasteiger partial charge in [-0.15, -0.1) is 0 Å². The van der Waals surface area contributed by atoms with Crippen molar-refractivity contribution in [3.05, 3.63) is 29.8 Å². The van der Waals surface area contributed by atoms with Gasteiger partial charge in [-0.05, 0) is 18.1 Å². The molecule has 0 bridgehead atoms. The number of hydrogen-bond acceptors (Lipinski definition) is 2. The summed E-state index contributed by atoms with van der Waals surface area (Å²) in [6, 6.07) is 8.68. The Morgan fingerprint density at radius 3 is 3.08 bits per heavy atom. The highest BCUT2D eigenvalue weighted by Crippen LogP contribution is 2.28. The van der Waals surface area contributed by atoms with E-state index in [1.54, 1.807) is 0 Å². The average molecular weight is 175 g/mol. The third kappa shape index (κ3) is 1.31. The molecule has 1 aromatic rings.